The van der Waals surface area contributed by atoms with E-state index < -0.39 is 0 Å². The summed E-state index contributed by atoms with van der Waals surface area (Å²) in [6.07, 6.45) is 7.57. The smallest absolute Gasteiger partial charge is 0.278 e. The first-order valence-electron chi connectivity index (χ1n) is 9.01. The maximum absolute atomic E-state index is 12.7. The topological polar surface area (TPSA) is 85.8 Å². The summed E-state index contributed by atoms with van der Waals surface area (Å²) < 4.78 is 6.86. The van der Waals surface area contributed by atoms with Crippen LogP contribution in [-0.2, 0) is 13.0 Å². The Bertz CT molecular complexity index is 1120. The summed E-state index contributed by atoms with van der Waals surface area (Å²) in [6.45, 7) is 2.10. The summed E-state index contributed by atoms with van der Waals surface area (Å²) in [4.78, 5) is 16.7. The van der Waals surface area contributed by atoms with Crippen molar-refractivity contribution >= 4 is 23.2 Å². The van der Waals surface area contributed by atoms with Crippen LogP contribution in [0.4, 0.5) is 5.69 Å². The van der Waals surface area contributed by atoms with E-state index in [0.29, 0.717) is 28.6 Å². The highest BCUT2D eigenvalue weighted by atomic mass is 35.5. The minimum absolute atomic E-state index is 0.231. The van der Waals surface area contributed by atoms with Crippen molar-refractivity contribution in [3.63, 3.8) is 0 Å². The van der Waals surface area contributed by atoms with Gasteiger partial charge in [-0.25, -0.2) is 0 Å². The van der Waals surface area contributed by atoms with Crippen LogP contribution in [0.1, 0.15) is 32.9 Å². The van der Waals surface area contributed by atoms with Crippen LogP contribution in [0.25, 0.3) is 0 Å². The highest BCUT2D eigenvalue weighted by Gasteiger charge is 2.20. The second-order valence-corrected chi connectivity index (χ2v) is 7.04. The van der Waals surface area contributed by atoms with Crippen molar-refractivity contribution in [3.8, 4) is 0 Å². The molecule has 0 saturated carbocycles. The molecule has 0 saturated heterocycles. The lowest BCUT2D eigenvalue weighted by Crippen LogP contribution is -2.16. The van der Waals surface area contributed by atoms with Crippen LogP contribution in [0, 0.1) is 6.92 Å². The molecule has 0 fully saturated rings. The SMILES string of the molecule is Cc1onc(C(=O)Nc2ccc(Cc3ccncc3)cc2)c1Cn1cc(Cl)cn1. The number of pyridine rings is 1. The lowest BCUT2D eigenvalue weighted by molar-refractivity contribution is 0.101. The second kappa shape index (κ2) is 8.28. The van der Waals surface area contributed by atoms with Gasteiger partial charge in [0.1, 0.15) is 5.76 Å². The number of hydrogen-bond donors (Lipinski definition) is 1. The van der Waals surface area contributed by atoms with E-state index in [4.69, 9.17) is 16.1 Å². The molecule has 1 N–H and O–H groups in total. The average molecular weight is 408 g/mol. The highest BCUT2D eigenvalue weighted by molar-refractivity contribution is 6.30. The fraction of sp³-hybridized carbons (Fsp3) is 0.143. The normalized spacial score (nSPS) is 10.8. The summed E-state index contributed by atoms with van der Waals surface area (Å²) in [5, 5.41) is 11.5. The molecule has 3 heterocycles. The molecule has 0 aliphatic carbocycles. The second-order valence-electron chi connectivity index (χ2n) is 6.61. The number of halogens is 1. The van der Waals surface area contributed by atoms with Crippen LogP contribution in [0.15, 0.2) is 65.7 Å². The molecule has 0 aliphatic heterocycles. The zero-order valence-corrected chi connectivity index (χ0v) is 16.4. The average Bonchev–Trinajstić information content (AvgIpc) is 3.30. The van der Waals surface area contributed by atoms with E-state index in [1.807, 2.05) is 36.4 Å². The molecule has 146 valence electrons. The molecule has 29 heavy (non-hydrogen) atoms. The number of anilines is 1. The van der Waals surface area contributed by atoms with Gasteiger partial charge in [-0.1, -0.05) is 28.9 Å². The Hall–Kier alpha value is -3.45. The van der Waals surface area contributed by atoms with E-state index in [1.54, 1.807) is 30.2 Å². The number of carbonyl (C=O) groups excluding carboxylic acids is 1. The molecule has 3 aromatic heterocycles. The molecule has 1 amide bonds. The Labute approximate surface area is 172 Å². The fourth-order valence-corrected chi connectivity index (χ4v) is 3.13. The first-order valence-corrected chi connectivity index (χ1v) is 9.38. The molecule has 4 rings (SSSR count). The number of aromatic nitrogens is 4. The van der Waals surface area contributed by atoms with Crippen molar-refractivity contribution in [2.75, 3.05) is 5.32 Å². The van der Waals surface area contributed by atoms with E-state index in [-0.39, 0.29) is 11.6 Å². The Morgan fingerprint density at radius 3 is 2.55 bits per heavy atom. The Morgan fingerprint density at radius 2 is 1.86 bits per heavy atom. The van der Waals surface area contributed by atoms with Crippen molar-refractivity contribution in [1.82, 2.24) is 19.9 Å². The largest absolute Gasteiger partial charge is 0.361 e. The summed E-state index contributed by atoms with van der Waals surface area (Å²) in [7, 11) is 0. The zero-order chi connectivity index (χ0) is 20.2. The molecule has 0 bridgehead atoms. The van der Waals surface area contributed by atoms with Gasteiger partial charge >= 0.3 is 0 Å². The molecule has 0 aliphatic rings. The van der Waals surface area contributed by atoms with Gasteiger partial charge in [-0.05, 0) is 48.7 Å². The van der Waals surface area contributed by atoms with Crippen LogP contribution >= 0.6 is 11.6 Å². The number of benzene rings is 1. The molecular formula is C21H18ClN5O2. The van der Waals surface area contributed by atoms with Crippen LogP contribution in [0.2, 0.25) is 5.02 Å². The predicted molar refractivity (Wildman–Crippen MR) is 109 cm³/mol. The van der Waals surface area contributed by atoms with Gasteiger partial charge in [-0.15, -0.1) is 0 Å². The molecule has 8 heteroatoms. The summed E-state index contributed by atoms with van der Waals surface area (Å²) in [5.41, 5.74) is 3.90. The number of carbonyl (C=O) groups is 1. The number of amides is 1. The Kier molecular flexibility index (Phi) is 5.39. The Balaban J connectivity index is 1.45. The standard InChI is InChI=1S/C21H18ClN5O2/c1-14-19(13-27-12-17(22)11-24-27)20(26-29-14)21(28)25-18-4-2-15(3-5-18)10-16-6-8-23-9-7-16/h2-9,11-12H,10,13H2,1H3,(H,25,28). The van der Waals surface area contributed by atoms with Crippen LogP contribution in [-0.4, -0.2) is 25.8 Å². The first kappa shape index (κ1) is 18.9. The number of nitrogens with zero attached hydrogens (tertiary/aromatic N) is 4. The lowest BCUT2D eigenvalue weighted by atomic mass is 10.1. The van der Waals surface area contributed by atoms with Crippen molar-refractivity contribution in [3.05, 3.63) is 94.4 Å². The number of rotatable bonds is 6. The van der Waals surface area contributed by atoms with E-state index in [9.17, 15) is 4.79 Å². The summed E-state index contributed by atoms with van der Waals surface area (Å²) in [5.74, 6) is 0.228. The minimum Gasteiger partial charge on any atom is -0.361 e. The number of nitrogens with one attached hydrogen (secondary N) is 1. The minimum atomic E-state index is -0.336. The quantitative estimate of drug-likeness (QED) is 0.519. The third kappa shape index (κ3) is 4.52. The van der Waals surface area contributed by atoms with E-state index in [1.165, 1.54) is 11.8 Å². The molecular weight excluding hydrogens is 390 g/mol. The summed E-state index contributed by atoms with van der Waals surface area (Å²) in [6, 6.07) is 11.7. The first-order chi connectivity index (χ1) is 14.1. The third-order valence-corrected chi connectivity index (χ3v) is 4.69. The monoisotopic (exact) mass is 407 g/mol. The van der Waals surface area contributed by atoms with E-state index >= 15 is 0 Å². The predicted octanol–water partition coefficient (Wildman–Crippen LogP) is 4.12. The molecule has 0 unspecified atom stereocenters. The van der Waals surface area contributed by atoms with Gasteiger partial charge in [0.15, 0.2) is 5.69 Å². The van der Waals surface area contributed by atoms with Gasteiger partial charge in [-0.3, -0.25) is 14.5 Å². The van der Waals surface area contributed by atoms with Crippen molar-refractivity contribution in [2.45, 2.75) is 19.9 Å². The lowest BCUT2D eigenvalue weighted by Gasteiger charge is -2.07. The van der Waals surface area contributed by atoms with Crippen molar-refractivity contribution in [2.24, 2.45) is 0 Å². The fourth-order valence-electron chi connectivity index (χ4n) is 2.98. The van der Waals surface area contributed by atoms with Gasteiger partial charge in [0.25, 0.3) is 5.91 Å². The van der Waals surface area contributed by atoms with Crippen LogP contribution in [0.5, 0.6) is 0 Å². The zero-order valence-electron chi connectivity index (χ0n) is 15.7. The maximum Gasteiger partial charge on any atom is 0.278 e. The molecule has 0 atom stereocenters. The van der Waals surface area contributed by atoms with Gasteiger partial charge in [0.2, 0.25) is 0 Å². The van der Waals surface area contributed by atoms with Crippen molar-refractivity contribution in [1.29, 1.82) is 0 Å². The molecule has 4 aromatic rings. The third-order valence-electron chi connectivity index (χ3n) is 4.49. The van der Waals surface area contributed by atoms with Gasteiger partial charge in [-0.2, -0.15) is 5.10 Å². The van der Waals surface area contributed by atoms with Crippen molar-refractivity contribution < 1.29 is 9.32 Å². The van der Waals surface area contributed by atoms with Crippen LogP contribution < -0.4 is 5.32 Å². The van der Waals surface area contributed by atoms with Crippen LogP contribution in [0.3, 0.4) is 0 Å². The maximum atomic E-state index is 12.7. The Morgan fingerprint density at radius 1 is 1.14 bits per heavy atom. The number of aryl methyl sites for hydroxylation is 1. The summed E-state index contributed by atoms with van der Waals surface area (Å²) >= 11 is 5.91. The molecule has 1 aromatic carbocycles. The molecule has 7 nitrogen and oxygen atoms in total. The molecule has 0 radical (unpaired) electrons. The van der Waals surface area contributed by atoms with Gasteiger partial charge in [0, 0.05) is 29.8 Å². The van der Waals surface area contributed by atoms with E-state index in [2.05, 4.69) is 20.6 Å². The number of hydrogen-bond acceptors (Lipinski definition) is 5. The van der Waals surface area contributed by atoms with Gasteiger partial charge in [0.05, 0.1) is 17.8 Å². The highest BCUT2D eigenvalue weighted by Crippen LogP contribution is 2.19. The van der Waals surface area contributed by atoms with Gasteiger partial charge < -0.3 is 9.84 Å². The van der Waals surface area contributed by atoms with E-state index in [0.717, 1.165) is 12.0 Å². The molecule has 0 spiro atoms.